The molecule has 7 heteroatoms. The molecule has 1 aromatic carbocycles. The zero-order valence-corrected chi connectivity index (χ0v) is 19.8. The second kappa shape index (κ2) is 14.0. The minimum absolute atomic E-state index is 0. The van der Waals surface area contributed by atoms with E-state index >= 15 is 0 Å². The number of piperidine rings is 1. The van der Waals surface area contributed by atoms with Crippen LogP contribution in [-0.2, 0) is 11.2 Å². The molecule has 0 atom stereocenters. The first-order chi connectivity index (χ1) is 13.1. The second-order valence-electron chi connectivity index (χ2n) is 7.45. The molecule has 0 aromatic heterocycles. The average Bonchev–Trinajstić information content (AvgIpc) is 2.66. The Balaban J connectivity index is 0.00000392. The van der Waals surface area contributed by atoms with Crippen molar-refractivity contribution >= 4 is 29.9 Å². The lowest BCUT2D eigenvalue weighted by atomic mass is 10.1. The van der Waals surface area contributed by atoms with Crippen LogP contribution in [0.1, 0.15) is 38.7 Å². The van der Waals surface area contributed by atoms with Crippen molar-refractivity contribution in [2.24, 2.45) is 4.99 Å². The third-order valence-electron chi connectivity index (χ3n) is 4.88. The van der Waals surface area contributed by atoms with E-state index in [1.165, 1.54) is 5.56 Å². The first-order valence-electron chi connectivity index (χ1n) is 10.2. The molecule has 0 radical (unpaired) electrons. The lowest BCUT2D eigenvalue weighted by molar-refractivity contribution is 0.0532. The summed E-state index contributed by atoms with van der Waals surface area (Å²) in [5.41, 5.74) is 1.24. The van der Waals surface area contributed by atoms with Crippen molar-refractivity contribution in [3.63, 3.8) is 0 Å². The van der Waals surface area contributed by atoms with Gasteiger partial charge in [-0.3, -0.25) is 4.99 Å². The number of hydrogen-bond donors (Lipinski definition) is 3. The Morgan fingerprint density at radius 3 is 2.54 bits per heavy atom. The molecule has 1 fully saturated rings. The van der Waals surface area contributed by atoms with E-state index in [0.29, 0.717) is 17.9 Å². The molecule has 1 aromatic rings. The molecule has 28 heavy (non-hydrogen) atoms. The number of nitrogens with zero attached hydrogens (tertiary/aromatic N) is 2. The van der Waals surface area contributed by atoms with E-state index in [1.807, 2.05) is 19.2 Å². The van der Waals surface area contributed by atoms with Crippen molar-refractivity contribution in [2.45, 2.75) is 51.7 Å². The van der Waals surface area contributed by atoms with Gasteiger partial charge < -0.3 is 25.4 Å². The van der Waals surface area contributed by atoms with Gasteiger partial charge in [-0.25, -0.2) is 0 Å². The lowest BCUT2D eigenvalue weighted by Crippen LogP contribution is -2.49. The number of aryl methyl sites for hydroxylation is 1. The summed E-state index contributed by atoms with van der Waals surface area (Å²) in [7, 11) is 1.83. The van der Waals surface area contributed by atoms with E-state index in [4.69, 9.17) is 4.74 Å². The Labute approximate surface area is 187 Å². The number of nitrogens with one attached hydrogen (secondary N) is 2. The third-order valence-corrected chi connectivity index (χ3v) is 4.88. The summed E-state index contributed by atoms with van der Waals surface area (Å²) in [5, 5.41) is 16.3. The number of phenols is 1. The van der Waals surface area contributed by atoms with E-state index in [-0.39, 0.29) is 24.0 Å². The fourth-order valence-electron chi connectivity index (χ4n) is 3.27. The van der Waals surface area contributed by atoms with Gasteiger partial charge >= 0.3 is 0 Å². The zero-order valence-electron chi connectivity index (χ0n) is 17.5. The van der Waals surface area contributed by atoms with Gasteiger partial charge in [0.25, 0.3) is 0 Å². The molecule has 3 N–H and O–H groups in total. The van der Waals surface area contributed by atoms with Gasteiger partial charge in [0.05, 0.1) is 12.7 Å². The van der Waals surface area contributed by atoms with E-state index < -0.39 is 0 Å². The Kier molecular flexibility index (Phi) is 12.5. The predicted molar refractivity (Wildman–Crippen MR) is 127 cm³/mol. The fraction of sp³-hybridized carbons (Fsp3) is 0.667. The van der Waals surface area contributed by atoms with E-state index in [2.05, 4.69) is 34.4 Å². The highest BCUT2D eigenvalue weighted by Gasteiger charge is 2.19. The number of guanidine groups is 1. The van der Waals surface area contributed by atoms with Crippen LogP contribution in [0.2, 0.25) is 0 Å². The SMILES string of the molecule is CN=C(NCCCc1ccc(O)cc1)NC1CCN(CCOC(C)C)CC1.I. The van der Waals surface area contributed by atoms with Crippen LogP contribution in [0.5, 0.6) is 5.75 Å². The third kappa shape index (κ3) is 9.93. The summed E-state index contributed by atoms with van der Waals surface area (Å²) in [6.45, 7) is 9.11. The van der Waals surface area contributed by atoms with Crippen LogP contribution in [0.25, 0.3) is 0 Å². The van der Waals surface area contributed by atoms with Gasteiger partial charge in [0.1, 0.15) is 5.75 Å². The molecule has 0 amide bonds. The quantitative estimate of drug-likeness (QED) is 0.209. The number of rotatable bonds is 9. The molecule has 0 unspecified atom stereocenters. The first kappa shape index (κ1) is 25.0. The highest BCUT2D eigenvalue weighted by Crippen LogP contribution is 2.11. The summed E-state index contributed by atoms with van der Waals surface area (Å²) in [4.78, 5) is 6.83. The number of ether oxygens (including phenoxy) is 1. The molecule has 0 bridgehead atoms. The summed E-state index contributed by atoms with van der Waals surface area (Å²) < 4.78 is 5.65. The summed E-state index contributed by atoms with van der Waals surface area (Å²) >= 11 is 0. The van der Waals surface area contributed by atoms with Crippen molar-refractivity contribution in [1.29, 1.82) is 0 Å². The van der Waals surface area contributed by atoms with Gasteiger partial charge in [0.2, 0.25) is 0 Å². The van der Waals surface area contributed by atoms with Gasteiger partial charge in [0, 0.05) is 39.3 Å². The second-order valence-corrected chi connectivity index (χ2v) is 7.45. The first-order valence-corrected chi connectivity index (χ1v) is 10.2. The van der Waals surface area contributed by atoms with Crippen molar-refractivity contribution in [1.82, 2.24) is 15.5 Å². The fourth-order valence-corrected chi connectivity index (χ4v) is 3.27. The molecule has 160 valence electrons. The molecule has 0 saturated carbocycles. The van der Waals surface area contributed by atoms with E-state index in [1.54, 1.807) is 12.1 Å². The van der Waals surface area contributed by atoms with Crippen LogP contribution in [-0.4, -0.2) is 67.9 Å². The van der Waals surface area contributed by atoms with Crippen molar-refractivity contribution in [3.8, 4) is 5.75 Å². The van der Waals surface area contributed by atoms with Crippen LogP contribution < -0.4 is 10.6 Å². The minimum Gasteiger partial charge on any atom is -0.508 e. The molecule has 0 spiro atoms. The number of halogens is 1. The highest BCUT2D eigenvalue weighted by molar-refractivity contribution is 14.0. The molecule has 1 saturated heterocycles. The number of benzene rings is 1. The highest BCUT2D eigenvalue weighted by atomic mass is 127. The maximum absolute atomic E-state index is 9.32. The number of phenolic OH excluding ortho intramolecular Hbond substituents is 1. The van der Waals surface area contributed by atoms with Crippen LogP contribution in [0, 0.1) is 0 Å². The summed E-state index contributed by atoms with van der Waals surface area (Å²) in [6, 6.07) is 7.91. The maximum Gasteiger partial charge on any atom is 0.191 e. The molecule has 1 aliphatic rings. The maximum atomic E-state index is 9.32. The van der Waals surface area contributed by atoms with Crippen LogP contribution in [0.3, 0.4) is 0 Å². The number of aromatic hydroxyl groups is 1. The van der Waals surface area contributed by atoms with Crippen LogP contribution in [0.4, 0.5) is 0 Å². The Morgan fingerprint density at radius 2 is 1.93 bits per heavy atom. The Morgan fingerprint density at radius 1 is 1.25 bits per heavy atom. The smallest absolute Gasteiger partial charge is 0.191 e. The van der Waals surface area contributed by atoms with Crippen molar-refractivity contribution in [3.05, 3.63) is 29.8 Å². The monoisotopic (exact) mass is 504 g/mol. The molecule has 6 nitrogen and oxygen atoms in total. The number of likely N-dealkylation sites (tertiary alicyclic amines) is 1. The van der Waals surface area contributed by atoms with E-state index in [9.17, 15) is 5.11 Å². The average molecular weight is 504 g/mol. The number of aliphatic imine (C=N–C) groups is 1. The van der Waals surface area contributed by atoms with E-state index in [0.717, 1.165) is 64.4 Å². The molecule has 1 aliphatic heterocycles. The van der Waals surface area contributed by atoms with Crippen molar-refractivity contribution in [2.75, 3.05) is 39.8 Å². The van der Waals surface area contributed by atoms with Gasteiger partial charge in [-0.05, 0) is 57.2 Å². The van der Waals surface area contributed by atoms with Crippen LogP contribution in [0.15, 0.2) is 29.3 Å². The van der Waals surface area contributed by atoms with Gasteiger partial charge in [-0.2, -0.15) is 0 Å². The predicted octanol–water partition coefficient (Wildman–Crippen LogP) is 3.00. The molecular weight excluding hydrogens is 467 g/mol. The largest absolute Gasteiger partial charge is 0.508 e. The standard InChI is InChI=1S/C21H36N4O2.HI/c1-17(2)27-16-15-25-13-10-19(11-14-25)24-21(22-3)23-12-4-5-18-6-8-20(26)9-7-18;/h6-9,17,19,26H,4-5,10-16H2,1-3H3,(H2,22,23,24);1H. The lowest BCUT2D eigenvalue weighted by Gasteiger charge is -2.33. The Bertz CT molecular complexity index is 558. The molecule has 2 rings (SSSR count). The summed E-state index contributed by atoms with van der Waals surface area (Å²) in [5.74, 6) is 1.21. The molecule has 0 aliphatic carbocycles. The topological polar surface area (TPSA) is 69.1 Å². The van der Waals surface area contributed by atoms with Gasteiger partial charge in [0.15, 0.2) is 5.96 Å². The normalized spacial score (nSPS) is 16.1. The summed E-state index contributed by atoms with van der Waals surface area (Å²) in [6.07, 6.45) is 4.60. The number of hydrogen-bond acceptors (Lipinski definition) is 4. The zero-order chi connectivity index (χ0) is 19.5. The van der Waals surface area contributed by atoms with Crippen molar-refractivity contribution < 1.29 is 9.84 Å². The van der Waals surface area contributed by atoms with Gasteiger partial charge in [-0.15, -0.1) is 24.0 Å². The molecular formula is C21H37IN4O2. The van der Waals surface area contributed by atoms with Crippen LogP contribution >= 0.6 is 24.0 Å². The molecule has 1 heterocycles. The van der Waals surface area contributed by atoms with Gasteiger partial charge in [-0.1, -0.05) is 12.1 Å². The minimum atomic E-state index is 0. The Hall–Kier alpha value is -1.06.